The summed E-state index contributed by atoms with van der Waals surface area (Å²) in [6.45, 7) is 4.17. The lowest BCUT2D eigenvalue weighted by Crippen LogP contribution is -2.44. The Morgan fingerprint density at radius 1 is 0.882 bits per heavy atom. The number of hydrogen-bond donors (Lipinski definition) is 1. The number of hydrogen-bond acceptors (Lipinski definition) is 4. The Kier molecular flexibility index (Phi) is 8.25. The molecule has 4 rings (SSSR count). The summed E-state index contributed by atoms with van der Waals surface area (Å²) in [5, 5.41) is 10.8. The summed E-state index contributed by atoms with van der Waals surface area (Å²) in [5.41, 5.74) is 0.144. The van der Waals surface area contributed by atoms with Crippen LogP contribution in [0.4, 0.5) is 0 Å². The molecular weight excluding hydrogens is 499 g/mol. The van der Waals surface area contributed by atoms with Crippen molar-refractivity contribution in [2.45, 2.75) is 31.8 Å². The van der Waals surface area contributed by atoms with Crippen LogP contribution in [-0.2, 0) is 0 Å². The van der Waals surface area contributed by atoms with Gasteiger partial charge in [0.15, 0.2) is 0 Å². The van der Waals surface area contributed by atoms with Gasteiger partial charge in [0.1, 0.15) is 11.9 Å². The molecule has 0 spiro atoms. The highest BCUT2D eigenvalue weighted by Gasteiger charge is 2.29. The summed E-state index contributed by atoms with van der Waals surface area (Å²) >= 11 is 18.1. The second kappa shape index (κ2) is 11.2. The first-order chi connectivity index (χ1) is 16.3. The third kappa shape index (κ3) is 6.16. The fraction of sp³-hybridized carbons (Fsp3) is 0.440. The highest BCUT2D eigenvalue weighted by Crippen LogP contribution is 2.29. The van der Waals surface area contributed by atoms with Gasteiger partial charge >= 0.3 is 5.97 Å². The van der Waals surface area contributed by atoms with Crippen molar-refractivity contribution < 1.29 is 19.4 Å². The number of likely N-dealkylation sites (tertiary alicyclic amines) is 2. The van der Waals surface area contributed by atoms with E-state index in [0.29, 0.717) is 34.1 Å². The molecule has 2 saturated heterocycles. The Bertz CT molecular complexity index is 1050. The number of benzene rings is 2. The van der Waals surface area contributed by atoms with Crippen LogP contribution in [-0.4, -0.2) is 65.6 Å². The first-order valence-electron chi connectivity index (χ1n) is 11.5. The van der Waals surface area contributed by atoms with Crippen LogP contribution in [0.25, 0.3) is 0 Å². The number of aromatic carboxylic acids is 1. The standard InChI is InChI=1S/C25H27Cl3N2O4/c26-17-1-3-20(25(32)33)21(13-17)24(31)30-11-5-16(6-12-30)15-29-9-7-18(8-10-29)34-19-2-4-22(27)23(28)14-19/h1-4,13-14,16,18H,5-12,15H2,(H,32,33). The van der Waals surface area contributed by atoms with Gasteiger partial charge in [0.05, 0.1) is 21.2 Å². The minimum Gasteiger partial charge on any atom is -0.490 e. The number of carbonyl (C=O) groups excluding carboxylic acids is 1. The zero-order chi connectivity index (χ0) is 24.2. The average molecular weight is 526 g/mol. The number of amides is 1. The van der Waals surface area contributed by atoms with Gasteiger partial charge in [-0.25, -0.2) is 4.79 Å². The maximum Gasteiger partial charge on any atom is 0.336 e. The van der Waals surface area contributed by atoms with Gasteiger partial charge in [0.25, 0.3) is 5.91 Å². The fourth-order valence-electron chi connectivity index (χ4n) is 4.69. The molecule has 0 saturated carbocycles. The minimum absolute atomic E-state index is 0.0116. The molecule has 1 amide bonds. The third-order valence-electron chi connectivity index (χ3n) is 6.59. The molecule has 2 aromatic carbocycles. The Hall–Kier alpha value is -1.99. The van der Waals surface area contributed by atoms with Crippen LogP contribution in [0, 0.1) is 5.92 Å². The van der Waals surface area contributed by atoms with E-state index in [0.717, 1.165) is 51.1 Å². The molecule has 0 atom stereocenters. The normalized spacial score (nSPS) is 18.1. The summed E-state index contributed by atoms with van der Waals surface area (Å²) in [7, 11) is 0. The summed E-state index contributed by atoms with van der Waals surface area (Å²) in [5.74, 6) is -0.134. The molecule has 34 heavy (non-hydrogen) atoms. The molecule has 0 aromatic heterocycles. The number of carbonyl (C=O) groups is 2. The van der Waals surface area contributed by atoms with Crippen LogP contribution in [0.3, 0.4) is 0 Å². The van der Waals surface area contributed by atoms with Crippen LogP contribution in [0.5, 0.6) is 5.75 Å². The molecule has 0 radical (unpaired) electrons. The smallest absolute Gasteiger partial charge is 0.336 e. The van der Waals surface area contributed by atoms with Crippen molar-refractivity contribution in [3.05, 3.63) is 62.6 Å². The Labute approximate surface area is 214 Å². The first kappa shape index (κ1) is 25.1. The molecule has 0 bridgehead atoms. The van der Waals surface area contributed by atoms with Crippen molar-refractivity contribution in [3.8, 4) is 5.75 Å². The van der Waals surface area contributed by atoms with E-state index in [9.17, 15) is 14.7 Å². The van der Waals surface area contributed by atoms with Gasteiger partial charge in [-0.1, -0.05) is 34.8 Å². The second-order valence-electron chi connectivity index (χ2n) is 8.92. The predicted octanol–water partition coefficient (Wildman–Crippen LogP) is 5.74. The molecule has 9 heteroatoms. The molecule has 1 N–H and O–H groups in total. The van der Waals surface area contributed by atoms with Crippen molar-refractivity contribution >= 4 is 46.7 Å². The van der Waals surface area contributed by atoms with E-state index in [2.05, 4.69) is 4.90 Å². The SMILES string of the molecule is O=C(O)c1ccc(Cl)cc1C(=O)N1CCC(CN2CCC(Oc3ccc(Cl)c(Cl)c3)CC2)CC1. The van der Waals surface area contributed by atoms with Gasteiger partial charge < -0.3 is 19.6 Å². The number of carboxylic acids is 1. The van der Waals surface area contributed by atoms with Crippen LogP contribution < -0.4 is 4.74 Å². The highest BCUT2D eigenvalue weighted by molar-refractivity contribution is 6.42. The summed E-state index contributed by atoms with van der Waals surface area (Å²) in [6.07, 6.45) is 3.85. The lowest BCUT2D eigenvalue weighted by Gasteiger charge is -2.37. The molecule has 182 valence electrons. The van der Waals surface area contributed by atoms with E-state index >= 15 is 0 Å². The Balaban J connectivity index is 1.23. The molecule has 2 aliphatic heterocycles. The van der Waals surface area contributed by atoms with Crippen molar-refractivity contribution in [2.24, 2.45) is 5.92 Å². The molecular formula is C25H27Cl3N2O4. The molecule has 2 heterocycles. The zero-order valence-electron chi connectivity index (χ0n) is 18.7. The van der Waals surface area contributed by atoms with E-state index in [1.165, 1.54) is 18.2 Å². The van der Waals surface area contributed by atoms with E-state index < -0.39 is 5.97 Å². The molecule has 2 aromatic rings. The van der Waals surface area contributed by atoms with E-state index in [-0.39, 0.29) is 23.1 Å². The maximum atomic E-state index is 13.0. The van der Waals surface area contributed by atoms with Crippen molar-refractivity contribution in [1.29, 1.82) is 0 Å². The van der Waals surface area contributed by atoms with Gasteiger partial charge in [-0.3, -0.25) is 4.79 Å². The number of carboxylic acid groups (broad SMARTS) is 1. The van der Waals surface area contributed by atoms with Crippen molar-refractivity contribution in [3.63, 3.8) is 0 Å². The maximum absolute atomic E-state index is 13.0. The van der Waals surface area contributed by atoms with Crippen molar-refractivity contribution in [2.75, 3.05) is 32.7 Å². The van der Waals surface area contributed by atoms with Crippen LogP contribution in [0.15, 0.2) is 36.4 Å². The number of piperidine rings is 2. The quantitative estimate of drug-likeness (QED) is 0.521. The Morgan fingerprint density at radius 3 is 2.24 bits per heavy atom. The first-order valence-corrected chi connectivity index (χ1v) is 12.6. The molecule has 2 fully saturated rings. The second-order valence-corrected chi connectivity index (χ2v) is 10.2. The van der Waals surface area contributed by atoms with Gasteiger partial charge in [0, 0.05) is 43.8 Å². The predicted molar refractivity (Wildman–Crippen MR) is 134 cm³/mol. The largest absolute Gasteiger partial charge is 0.490 e. The van der Waals surface area contributed by atoms with E-state index in [1.54, 1.807) is 17.0 Å². The van der Waals surface area contributed by atoms with Crippen molar-refractivity contribution in [1.82, 2.24) is 9.80 Å². The third-order valence-corrected chi connectivity index (χ3v) is 7.56. The highest BCUT2D eigenvalue weighted by atomic mass is 35.5. The summed E-state index contributed by atoms with van der Waals surface area (Å²) in [4.78, 5) is 28.7. The van der Waals surface area contributed by atoms with Crippen LogP contribution in [0.2, 0.25) is 15.1 Å². The van der Waals surface area contributed by atoms with E-state index in [1.807, 2.05) is 6.07 Å². The number of rotatable bonds is 6. The zero-order valence-corrected chi connectivity index (χ0v) is 21.0. The van der Waals surface area contributed by atoms with Gasteiger partial charge in [0.2, 0.25) is 0 Å². The molecule has 2 aliphatic rings. The molecule has 6 nitrogen and oxygen atoms in total. The summed E-state index contributed by atoms with van der Waals surface area (Å²) in [6, 6.07) is 9.68. The molecule has 0 aliphatic carbocycles. The van der Waals surface area contributed by atoms with E-state index in [4.69, 9.17) is 39.5 Å². The summed E-state index contributed by atoms with van der Waals surface area (Å²) < 4.78 is 6.08. The van der Waals surface area contributed by atoms with Gasteiger partial charge in [-0.2, -0.15) is 0 Å². The average Bonchev–Trinajstić information content (AvgIpc) is 2.82. The number of nitrogens with zero attached hydrogens (tertiary/aromatic N) is 2. The van der Waals surface area contributed by atoms with Crippen LogP contribution >= 0.6 is 34.8 Å². The number of halogens is 3. The monoisotopic (exact) mass is 524 g/mol. The van der Waals surface area contributed by atoms with Crippen LogP contribution in [0.1, 0.15) is 46.4 Å². The van der Waals surface area contributed by atoms with Gasteiger partial charge in [-0.05, 0) is 61.9 Å². The number of ether oxygens (including phenoxy) is 1. The Morgan fingerprint density at radius 2 is 1.59 bits per heavy atom. The fourth-order valence-corrected chi connectivity index (χ4v) is 5.15. The lowest BCUT2D eigenvalue weighted by molar-refractivity contribution is 0.0594. The molecule has 0 unspecified atom stereocenters. The van der Waals surface area contributed by atoms with Gasteiger partial charge in [-0.15, -0.1) is 0 Å². The lowest BCUT2D eigenvalue weighted by atomic mass is 9.94. The minimum atomic E-state index is -1.12. The topological polar surface area (TPSA) is 70.1 Å².